The fourth-order valence-corrected chi connectivity index (χ4v) is 3.68. The molecule has 1 aromatic heterocycles. The Kier molecular flexibility index (Phi) is 6.94. The molecule has 1 saturated heterocycles. The largest absolute Gasteiger partial charge is 0.494 e. The number of hydrogen-bond acceptors (Lipinski definition) is 6. The minimum Gasteiger partial charge on any atom is -0.494 e. The maximum absolute atomic E-state index is 12.6. The third-order valence-electron chi connectivity index (χ3n) is 5.44. The van der Waals surface area contributed by atoms with Crippen molar-refractivity contribution < 1.29 is 13.9 Å². The third kappa shape index (κ3) is 5.70. The lowest BCUT2D eigenvalue weighted by Gasteiger charge is -2.34. The first-order chi connectivity index (χ1) is 15.2. The predicted molar refractivity (Wildman–Crippen MR) is 118 cm³/mol. The van der Waals surface area contributed by atoms with Gasteiger partial charge < -0.3 is 14.1 Å². The van der Waals surface area contributed by atoms with Gasteiger partial charge in [-0.1, -0.05) is 30.3 Å². The molecule has 0 spiro atoms. The molecule has 1 fully saturated rings. The van der Waals surface area contributed by atoms with Crippen LogP contribution >= 0.6 is 0 Å². The molecule has 162 valence electrons. The highest BCUT2D eigenvalue weighted by atomic mass is 16.5. The van der Waals surface area contributed by atoms with Crippen molar-refractivity contribution in [3.8, 4) is 17.2 Å². The molecular weight excluding hydrogens is 392 g/mol. The van der Waals surface area contributed by atoms with Crippen molar-refractivity contribution in [3.05, 3.63) is 66.1 Å². The van der Waals surface area contributed by atoms with E-state index in [-0.39, 0.29) is 5.91 Å². The Balaban J connectivity index is 1.21. The van der Waals surface area contributed by atoms with Crippen molar-refractivity contribution in [3.63, 3.8) is 0 Å². The SMILES string of the molecule is CCOc1ccc(CC(=O)N2CCN(CCc3nnc(-c4ccccc4)o3)CC2)cc1. The van der Waals surface area contributed by atoms with E-state index in [0.717, 1.165) is 49.6 Å². The Hall–Kier alpha value is -3.19. The molecule has 2 aromatic carbocycles. The Morgan fingerprint density at radius 2 is 1.74 bits per heavy atom. The number of aromatic nitrogens is 2. The molecule has 1 aliphatic heterocycles. The molecule has 0 unspecified atom stereocenters. The van der Waals surface area contributed by atoms with E-state index in [1.165, 1.54) is 0 Å². The van der Waals surface area contributed by atoms with E-state index in [9.17, 15) is 4.79 Å². The summed E-state index contributed by atoms with van der Waals surface area (Å²) in [6.45, 7) is 6.65. The van der Waals surface area contributed by atoms with Crippen LogP contribution in [0.4, 0.5) is 0 Å². The lowest BCUT2D eigenvalue weighted by molar-refractivity contribution is -0.132. The molecule has 1 aliphatic rings. The van der Waals surface area contributed by atoms with Crippen molar-refractivity contribution >= 4 is 5.91 Å². The minimum atomic E-state index is 0.174. The van der Waals surface area contributed by atoms with Gasteiger partial charge in [0.25, 0.3) is 0 Å². The van der Waals surface area contributed by atoms with Gasteiger partial charge in [0.1, 0.15) is 5.75 Å². The molecule has 0 atom stereocenters. The second-order valence-electron chi connectivity index (χ2n) is 7.59. The zero-order valence-electron chi connectivity index (χ0n) is 17.9. The summed E-state index contributed by atoms with van der Waals surface area (Å²) in [5, 5.41) is 8.31. The number of ether oxygens (including phenoxy) is 1. The fraction of sp³-hybridized carbons (Fsp3) is 0.375. The van der Waals surface area contributed by atoms with E-state index in [2.05, 4.69) is 15.1 Å². The van der Waals surface area contributed by atoms with E-state index < -0.39 is 0 Å². The van der Waals surface area contributed by atoms with Crippen molar-refractivity contribution in [1.29, 1.82) is 0 Å². The summed E-state index contributed by atoms with van der Waals surface area (Å²) >= 11 is 0. The normalized spacial score (nSPS) is 14.5. The minimum absolute atomic E-state index is 0.174. The number of piperazine rings is 1. The molecule has 0 N–H and O–H groups in total. The zero-order chi connectivity index (χ0) is 21.5. The molecule has 7 nitrogen and oxygen atoms in total. The van der Waals surface area contributed by atoms with Gasteiger partial charge in [-0.15, -0.1) is 10.2 Å². The number of carbonyl (C=O) groups excluding carboxylic acids is 1. The van der Waals surface area contributed by atoms with E-state index in [4.69, 9.17) is 9.15 Å². The maximum atomic E-state index is 12.6. The molecule has 0 aliphatic carbocycles. The average Bonchev–Trinajstić information content (AvgIpc) is 3.29. The second-order valence-corrected chi connectivity index (χ2v) is 7.59. The van der Waals surface area contributed by atoms with Gasteiger partial charge in [-0.25, -0.2) is 0 Å². The Labute approximate surface area is 182 Å². The van der Waals surface area contributed by atoms with Crippen molar-refractivity contribution in [2.75, 3.05) is 39.3 Å². The molecule has 0 radical (unpaired) electrons. The lowest BCUT2D eigenvalue weighted by atomic mass is 10.1. The third-order valence-corrected chi connectivity index (χ3v) is 5.44. The lowest BCUT2D eigenvalue weighted by Crippen LogP contribution is -2.49. The van der Waals surface area contributed by atoms with Gasteiger partial charge in [0.05, 0.1) is 13.0 Å². The smallest absolute Gasteiger partial charge is 0.247 e. The molecule has 1 amide bonds. The molecule has 0 saturated carbocycles. The second kappa shape index (κ2) is 10.2. The van der Waals surface area contributed by atoms with Crippen molar-refractivity contribution in [1.82, 2.24) is 20.0 Å². The van der Waals surface area contributed by atoms with Crippen LogP contribution < -0.4 is 4.74 Å². The highest BCUT2D eigenvalue weighted by Gasteiger charge is 2.21. The Bertz CT molecular complexity index is 964. The maximum Gasteiger partial charge on any atom is 0.247 e. The summed E-state index contributed by atoms with van der Waals surface area (Å²) in [6.07, 6.45) is 1.14. The van der Waals surface area contributed by atoms with Crippen LogP contribution in [-0.4, -0.2) is 65.2 Å². The van der Waals surface area contributed by atoms with Gasteiger partial charge in [-0.2, -0.15) is 0 Å². The van der Waals surface area contributed by atoms with E-state index >= 15 is 0 Å². The first-order valence-electron chi connectivity index (χ1n) is 10.8. The van der Waals surface area contributed by atoms with Crippen LogP contribution in [0.1, 0.15) is 18.4 Å². The molecule has 0 bridgehead atoms. The van der Waals surface area contributed by atoms with Gasteiger partial charge in [0.15, 0.2) is 0 Å². The Morgan fingerprint density at radius 1 is 1.00 bits per heavy atom. The number of rotatable bonds is 8. The number of hydrogen-bond donors (Lipinski definition) is 0. The van der Waals surface area contributed by atoms with Crippen LogP contribution in [0, 0.1) is 0 Å². The summed E-state index contributed by atoms with van der Waals surface area (Å²) in [6, 6.07) is 17.6. The zero-order valence-corrected chi connectivity index (χ0v) is 17.9. The van der Waals surface area contributed by atoms with Crippen LogP contribution in [0.3, 0.4) is 0 Å². The van der Waals surface area contributed by atoms with Gasteiger partial charge in [-0.05, 0) is 36.8 Å². The standard InChI is InChI=1S/C24H28N4O3/c1-2-30-21-10-8-19(9-11-21)18-23(29)28-16-14-27(15-17-28)13-12-22-25-26-24(31-22)20-6-4-3-5-7-20/h3-11H,2,12-18H2,1H3. The number of carbonyl (C=O) groups is 1. The fourth-order valence-electron chi connectivity index (χ4n) is 3.68. The summed E-state index contributed by atoms with van der Waals surface area (Å²) in [4.78, 5) is 16.9. The molecule has 31 heavy (non-hydrogen) atoms. The van der Waals surface area contributed by atoms with Crippen LogP contribution in [0.15, 0.2) is 59.0 Å². The van der Waals surface area contributed by atoms with Crippen LogP contribution in [0.2, 0.25) is 0 Å². The molecule has 7 heteroatoms. The molecular formula is C24H28N4O3. The van der Waals surface area contributed by atoms with Crippen LogP contribution in [0.25, 0.3) is 11.5 Å². The van der Waals surface area contributed by atoms with Gasteiger partial charge in [-0.3, -0.25) is 9.69 Å². The average molecular weight is 421 g/mol. The van der Waals surface area contributed by atoms with Crippen molar-refractivity contribution in [2.45, 2.75) is 19.8 Å². The quantitative estimate of drug-likeness (QED) is 0.558. The highest BCUT2D eigenvalue weighted by Crippen LogP contribution is 2.17. The Morgan fingerprint density at radius 3 is 2.45 bits per heavy atom. The predicted octanol–water partition coefficient (Wildman–Crippen LogP) is 3.06. The van der Waals surface area contributed by atoms with Crippen molar-refractivity contribution in [2.24, 2.45) is 0 Å². The summed E-state index contributed by atoms with van der Waals surface area (Å²) in [5.74, 6) is 2.21. The molecule has 2 heterocycles. The number of benzene rings is 2. The van der Waals surface area contributed by atoms with E-state index in [1.54, 1.807) is 0 Å². The first-order valence-corrected chi connectivity index (χ1v) is 10.8. The number of nitrogens with zero attached hydrogens (tertiary/aromatic N) is 4. The van der Waals surface area contributed by atoms with E-state index in [1.807, 2.05) is 66.4 Å². The summed E-state index contributed by atoms with van der Waals surface area (Å²) in [5.41, 5.74) is 1.95. The summed E-state index contributed by atoms with van der Waals surface area (Å²) < 4.78 is 11.2. The molecule has 4 rings (SSSR count). The monoisotopic (exact) mass is 420 g/mol. The topological polar surface area (TPSA) is 71.7 Å². The van der Waals surface area contributed by atoms with E-state index in [0.29, 0.717) is 31.2 Å². The highest BCUT2D eigenvalue weighted by molar-refractivity contribution is 5.79. The van der Waals surface area contributed by atoms with Crippen LogP contribution in [0.5, 0.6) is 5.75 Å². The van der Waals surface area contributed by atoms with Gasteiger partial charge in [0, 0.05) is 44.7 Å². The number of amides is 1. The first kappa shape index (κ1) is 21.1. The van der Waals surface area contributed by atoms with Gasteiger partial charge in [0.2, 0.25) is 17.7 Å². The van der Waals surface area contributed by atoms with Gasteiger partial charge >= 0.3 is 0 Å². The summed E-state index contributed by atoms with van der Waals surface area (Å²) in [7, 11) is 0. The van der Waals surface area contributed by atoms with Crippen LogP contribution in [-0.2, 0) is 17.6 Å². The molecule has 3 aromatic rings.